The highest BCUT2D eigenvalue weighted by Crippen LogP contribution is 2.44. The summed E-state index contributed by atoms with van der Waals surface area (Å²) in [4.78, 5) is 5.10. The molecule has 0 amide bonds. The summed E-state index contributed by atoms with van der Waals surface area (Å²) in [5.41, 5.74) is 12.4. The quantitative estimate of drug-likeness (QED) is 0.220. The van der Waals surface area contributed by atoms with Gasteiger partial charge in [-0.2, -0.15) is 0 Å². The minimum atomic E-state index is 0.242. The first-order valence-corrected chi connectivity index (χ1v) is 15.1. The van der Waals surface area contributed by atoms with Crippen molar-refractivity contribution in [1.29, 1.82) is 0 Å². The summed E-state index contributed by atoms with van der Waals surface area (Å²) < 4.78 is 0. The number of pyridine rings is 1. The van der Waals surface area contributed by atoms with Crippen LogP contribution in [0.5, 0.6) is 0 Å². The molecule has 2 heterocycles. The molecule has 0 radical (unpaired) electrons. The molecule has 1 N–H and O–H groups in total. The fraction of sp³-hybridized carbons (Fsp3) is 0.0976. The van der Waals surface area contributed by atoms with Crippen LogP contribution in [0.1, 0.15) is 34.0 Å². The van der Waals surface area contributed by atoms with Crippen LogP contribution >= 0.6 is 0 Å². The number of hydrogen-bond donors (Lipinski definition) is 1. The molecule has 1 aliphatic heterocycles. The van der Waals surface area contributed by atoms with E-state index in [9.17, 15) is 0 Å². The Morgan fingerprint density at radius 1 is 0.674 bits per heavy atom. The Morgan fingerprint density at radius 3 is 2.05 bits per heavy atom. The molecule has 206 valence electrons. The van der Waals surface area contributed by atoms with Gasteiger partial charge in [-0.1, -0.05) is 121 Å². The molecule has 1 aromatic heterocycles. The number of nitrogens with zero attached hydrogens (tertiary/aromatic N) is 1. The minimum absolute atomic E-state index is 0.242. The lowest BCUT2D eigenvalue weighted by Crippen LogP contribution is -2.10. The average Bonchev–Trinajstić information content (AvgIpc) is 3.07. The van der Waals surface area contributed by atoms with Gasteiger partial charge in [-0.3, -0.25) is 4.98 Å². The maximum absolute atomic E-state index is 5.10. The van der Waals surface area contributed by atoms with Crippen molar-refractivity contribution >= 4 is 33.2 Å². The van der Waals surface area contributed by atoms with Crippen molar-refractivity contribution in [2.75, 3.05) is 6.54 Å². The second kappa shape index (κ2) is 10.6. The molecular weight excluding hydrogens is 520 g/mol. The number of benzene rings is 5. The van der Waals surface area contributed by atoms with E-state index < -0.39 is 0 Å². The molecule has 2 nitrogen and oxygen atoms in total. The maximum atomic E-state index is 5.10. The predicted octanol–water partition coefficient (Wildman–Crippen LogP) is 9.88. The third-order valence-electron chi connectivity index (χ3n) is 8.88. The van der Waals surface area contributed by atoms with Gasteiger partial charge in [0, 0.05) is 18.2 Å². The van der Waals surface area contributed by atoms with E-state index in [1.807, 2.05) is 6.20 Å². The number of aromatic nitrogens is 1. The highest BCUT2D eigenvalue weighted by molar-refractivity contribution is 6.21. The molecule has 1 atom stereocenters. The number of nitrogens with one attached hydrogen (secondary N) is 1. The topological polar surface area (TPSA) is 24.9 Å². The Labute approximate surface area is 252 Å². The molecule has 0 saturated carbocycles. The molecule has 0 spiro atoms. The summed E-state index contributed by atoms with van der Waals surface area (Å²) in [5, 5.41) is 8.39. The molecule has 43 heavy (non-hydrogen) atoms. The largest absolute Gasteiger partial charge is 0.387 e. The summed E-state index contributed by atoms with van der Waals surface area (Å²) in [6.07, 6.45) is 11.8. The number of allylic oxidation sites excluding steroid dienone is 3. The molecule has 0 bridgehead atoms. The zero-order chi connectivity index (χ0) is 28.8. The molecule has 8 rings (SSSR count). The number of dihydropyridines is 1. The second-order valence-electron chi connectivity index (χ2n) is 11.6. The summed E-state index contributed by atoms with van der Waals surface area (Å²) >= 11 is 0. The Hall–Kier alpha value is -5.21. The molecular formula is C41H32N2. The first-order valence-electron chi connectivity index (χ1n) is 15.1. The SMILES string of the molecule is Cc1cccc(-c2c3ccccc3c(-c3ccc4c(c3)CC(c3cccc(C5=CCNC=C5)n3)C=C4)c3ccccc23)c1. The van der Waals surface area contributed by atoms with E-state index in [0.29, 0.717) is 0 Å². The summed E-state index contributed by atoms with van der Waals surface area (Å²) in [7, 11) is 0. The summed E-state index contributed by atoms with van der Waals surface area (Å²) in [6, 6.07) is 40.2. The van der Waals surface area contributed by atoms with Crippen LogP contribution in [0.3, 0.4) is 0 Å². The van der Waals surface area contributed by atoms with Crippen LogP contribution < -0.4 is 5.32 Å². The maximum Gasteiger partial charge on any atom is 0.0703 e. The van der Waals surface area contributed by atoms with Crippen molar-refractivity contribution in [1.82, 2.24) is 10.3 Å². The number of hydrogen-bond acceptors (Lipinski definition) is 2. The zero-order valence-electron chi connectivity index (χ0n) is 24.2. The van der Waals surface area contributed by atoms with Gasteiger partial charge in [0.2, 0.25) is 0 Å². The van der Waals surface area contributed by atoms with Crippen LogP contribution in [0, 0.1) is 6.92 Å². The van der Waals surface area contributed by atoms with Crippen LogP contribution in [0.25, 0.3) is 55.4 Å². The van der Waals surface area contributed by atoms with Gasteiger partial charge in [0.1, 0.15) is 0 Å². The Bertz CT molecular complexity index is 2070. The van der Waals surface area contributed by atoms with E-state index in [2.05, 4.69) is 146 Å². The molecule has 1 unspecified atom stereocenters. The lowest BCUT2D eigenvalue weighted by molar-refractivity contribution is 0.792. The van der Waals surface area contributed by atoms with Crippen LogP contribution in [-0.2, 0) is 6.42 Å². The Balaban J connectivity index is 1.25. The van der Waals surface area contributed by atoms with Gasteiger partial charge >= 0.3 is 0 Å². The van der Waals surface area contributed by atoms with E-state index in [4.69, 9.17) is 4.98 Å². The Morgan fingerprint density at radius 2 is 1.37 bits per heavy atom. The molecule has 1 aliphatic carbocycles. The van der Waals surface area contributed by atoms with Crippen molar-refractivity contribution in [3.8, 4) is 22.3 Å². The van der Waals surface area contributed by atoms with Gasteiger partial charge in [0.25, 0.3) is 0 Å². The third kappa shape index (κ3) is 4.56. The van der Waals surface area contributed by atoms with E-state index in [0.717, 1.165) is 24.4 Å². The normalized spacial score (nSPS) is 15.7. The van der Waals surface area contributed by atoms with Crippen LogP contribution in [0.4, 0.5) is 0 Å². The molecule has 5 aromatic carbocycles. The van der Waals surface area contributed by atoms with Crippen molar-refractivity contribution in [2.24, 2.45) is 0 Å². The average molecular weight is 553 g/mol. The van der Waals surface area contributed by atoms with Crippen molar-refractivity contribution in [3.05, 3.63) is 162 Å². The van der Waals surface area contributed by atoms with Crippen LogP contribution in [0.15, 0.2) is 134 Å². The number of rotatable bonds is 4. The minimum Gasteiger partial charge on any atom is -0.387 e. The van der Waals surface area contributed by atoms with E-state index in [-0.39, 0.29) is 5.92 Å². The summed E-state index contributed by atoms with van der Waals surface area (Å²) in [5.74, 6) is 0.242. The highest BCUT2D eigenvalue weighted by Gasteiger charge is 2.21. The van der Waals surface area contributed by atoms with Gasteiger partial charge in [0.05, 0.1) is 5.69 Å². The standard InChI is InChI=1S/C41H32N2/c1-27-8-6-9-31(24-27)40-34-10-2-4-12-36(34)41(37-13-5-3-11-35(37)40)32-19-17-28-16-18-30(25-33(28)26-32)39-15-7-14-38(43-39)29-20-22-42-23-21-29/h2-22,24,26,30,42H,23,25H2,1H3. The van der Waals surface area contributed by atoms with Crippen molar-refractivity contribution in [3.63, 3.8) is 0 Å². The molecule has 2 heteroatoms. The van der Waals surface area contributed by atoms with Crippen molar-refractivity contribution < 1.29 is 0 Å². The zero-order valence-corrected chi connectivity index (χ0v) is 24.2. The lowest BCUT2D eigenvalue weighted by Gasteiger charge is -2.22. The monoisotopic (exact) mass is 552 g/mol. The first-order chi connectivity index (χ1) is 21.2. The number of fused-ring (bicyclic) bond motifs is 3. The smallest absolute Gasteiger partial charge is 0.0703 e. The van der Waals surface area contributed by atoms with E-state index in [1.54, 1.807) is 0 Å². The van der Waals surface area contributed by atoms with Crippen LogP contribution in [-0.4, -0.2) is 11.5 Å². The molecule has 6 aromatic rings. The van der Waals surface area contributed by atoms with Crippen molar-refractivity contribution in [2.45, 2.75) is 19.3 Å². The van der Waals surface area contributed by atoms with Gasteiger partial charge in [-0.15, -0.1) is 0 Å². The van der Waals surface area contributed by atoms with Crippen LogP contribution in [0.2, 0.25) is 0 Å². The van der Waals surface area contributed by atoms with E-state index >= 15 is 0 Å². The second-order valence-corrected chi connectivity index (χ2v) is 11.6. The predicted molar refractivity (Wildman–Crippen MR) is 182 cm³/mol. The third-order valence-corrected chi connectivity index (χ3v) is 8.88. The lowest BCUT2D eigenvalue weighted by atomic mass is 9.82. The molecule has 2 aliphatic rings. The highest BCUT2D eigenvalue weighted by atomic mass is 14.8. The van der Waals surface area contributed by atoms with Gasteiger partial charge < -0.3 is 5.32 Å². The number of aryl methyl sites for hydroxylation is 1. The van der Waals surface area contributed by atoms with E-state index in [1.165, 1.54) is 66.1 Å². The van der Waals surface area contributed by atoms with Gasteiger partial charge in [0.15, 0.2) is 0 Å². The first kappa shape index (κ1) is 25.5. The van der Waals surface area contributed by atoms with Gasteiger partial charge in [-0.25, -0.2) is 0 Å². The molecule has 0 saturated heterocycles. The fourth-order valence-corrected chi connectivity index (χ4v) is 6.84. The van der Waals surface area contributed by atoms with Gasteiger partial charge in [-0.05, 0) is 98.3 Å². The Kier molecular flexibility index (Phi) is 6.26. The summed E-state index contributed by atoms with van der Waals surface area (Å²) in [6.45, 7) is 3.01. The fourth-order valence-electron chi connectivity index (χ4n) is 6.84. The molecule has 0 fully saturated rings.